The minimum Gasteiger partial charge on any atom is -0.508 e. The van der Waals surface area contributed by atoms with E-state index in [4.69, 9.17) is 0 Å². The fourth-order valence-corrected chi connectivity index (χ4v) is 3.30. The van der Waals surface area contributed by atoms with Crippen LogP contribution in [0.1, 0.15) is 38.2 Å². The third kappa shape index (κ3) is 2.40. The number of nitrogens with one attached hydrogen (secondary N) is 1. The van der Waals surface area contributed by atoms with Gasteiger partial charge < -0.3 is 10.4 Å². The van der Waals surface area contributed by atoms with E-state index in [9.17, 15) is 5.11 Å². The van der Waals surface area contributed by atoms with E-state index in [0.717, 1.165) is 24.0 Å². The van der Waals surface area contributed by atoms with Crippen molar-refractivity contribution in [2.24, 2.45) is 5.41 Å². The summed E-state index contributed by atoms with van der Waals surface area (Å²) in [7, 11) is 0. The maximum atomic E-state index is 10.1. The highest BCUT2D eigenvalue weighted by Gasteiger charge is 2.34. The Labute approximate surface area is 120 Å². The van der Waals surface area contributed by atoms with Crippen LogP contribution in [0, 0.1) is 5.41 Å². The molecule has 0 atom stereocenters. The molecule has 0 heterocycles. The molecule has 0 spiro atoms. The van der Waals surface area contributed by atoms with Gasteiger partial charge in [0, 0.05) is 18.7 Å². The minimum absolute atomic E-state index is 0.398. The maximum absolute atomic E-state index is 10.1. The number of rotatable bonds is 5. The molecule has 2 aromatic carbocycles. The van der Waals surface area contributed by atoms with Gasteiger partial charge in [-0.25, -0.2) is 0 Å². The van der Waals surface area contributed by atoms with Gasteiger partial charge in [0.2, 0.25) is 0 Å². The van der Waals surface area contributed by atoms with Crippen LogP contribution in [0.2, 0.25) is 0 Å². The van der Waals surface area contributed by atoms with Crippen molar-refractivity contribution < 1.29 is 5.11 Å². The van der Waals surface area contributed by atoms with Crippen LogP contribution in [0.5, 0.6) is 5.75 Å². The Morgan fingerprint density at radius 1 is 1.15 bits per heavy atom. The molecule has 0 aliphatic heterocycles. The van der Waals surface area contributed by atoms with Crippen molar-refractivity contribution in [2.75, 3.05) is 6.54 Å². The first-order chi connectivity index (χ1) is 9.74. The fourth-order valence-electron chi connectivity index (χ4n) is 3.30. The zero-order valence-electron chi connectivity index (χ0n) is 12.2. The number of hydrogen-bond acceptors (Lipinski definition) is 2. The minimum atomic E-state index is 0.398. The van der Waals surface area contributed by atoms with E-state index in [1.165, 1.54) is 31.1 Å². The molecule has 20 heavy (non-hydrogen) atoms. The number of fused-ring (bicyclic) bond motifs is 1. The summed E-state index contributed by atoms with van der Waals surface area (Å²) in [5.74, 6) is 0.398. The largest absolute Gasteiger partial charge is 0.508 e. The summed E-state index contributed by atoms with van der Waals surface area (Å²) in [6.45, 7) is 4.09. The Morgan fingerprint density at radius 3 is 2.65 bits per heavy atom. The molecule has 0 radical (unpaired) electrons. The lowest BCUT2D eigenvalue weighted by atomic mass is 9.67. The summed E-state index contributed by atoms with van der Waals surface area (Å²) >= 11 is 0. The molecule has 0 unspecified atom stereocenters. The van der Waals surface area contributed by atoms with E-state index in [1.54, 1.807) is 6.07 Å². The first-order valence-electron chi connectivity index (χ1n) is 7.64. The molecule has 1 aliphatic carbocycles. The van der Waals surface area contributed by atoms with Gasteiger partial charge in [0.25, 0.3) is 0 Å². The zero-order valence-corrected chi connectivity index (χ0v) is 12.2. The summed E-state index contributed by atoms with van der Waals surface area (Å²) in [4.78, 5) is 0. The average molecular weight is 269 g/mol. The highest BCUT2D eigenvalue weighted by atomic mass is 16.3. The fraction of sp³-hybridized carbons (Fsp3) is 0.444. The molecule has 2 aromatic rings. The standard InChI is InChI=1S/C18H23NO/c1-2-18(10-5-11-18)13-19-12-16-15-7-4-3-6-14(15)8-9-17(16)20/h3-4,6-9,19-20H,2,5,10-13H2,1H3. The van der Waals surface area contributed by atoms with Crippen molar-refractivity contribution in [3.05, 3.63) is 42.0 Å². The van der Waals surface area contributed by atoms with Crippen molar-refractivity contribution in [3.8, 4) is 5.75 Å². The van der Waals surface area contributed by atoms with Crippen molar-refractivity contribution in [1.82, 2.24) is 5.32 Å². The van der Waals surface area contributed by atoms with Crippen LogP contribution in [0.4, 0.5) is 0 Å². The number of benzene rings is 2. The molecule has 0 saturated heterocycles. The quantitative estimate of drug-likeness (QED) is 0.852. The van der Waals surface area contributed by atoms with Gasteiger partial charge in [-0.15, -0.1) is 0 Å². The van der Waals surface area contributed by atoms with Gasteiger partial charge in [0.1, 0.15) is 5.75 Å². The summed E-state index contributed by atoms with van der Waals surface area (Å²) < 4.78 is 0. The first-order valence-corrected chi connectivity index (χ1v) is 7.64. The maximum Gasteiger partial charge on any atom is 0.120 e. The van der Waals surface area contributed by atoms with Crippen LogP contribution in [0.25, 0.3) is 10.8 Å². The second-order valence-electron chi connectivity index (χ2n) is 6.10. The molecule has 0 amide bonds. The van der Waals surface area contributed by atoms with Crippen LogP contribution in [-0.2, 0) is 6.54 Å². The Hall–Kier alpha value is -1.54. The first kappa shape index (κ1) is 13.4. The molecular formula is C18H23NO. The van der Waals surface area contributed by atoms with E-state index in [-0.39, 0.29) is 0 Å². The molecule has 3 rings (SSSR count). The van der Waals surface area contributed by atoms with Crippen LogP contribution < -0.4 is 5.32 Å². The second-order valence-corrected chi connectivity index (χ2v) is 6.10. The Morgan fingerprint density at radius 2 is 1.95 bits per heavy atom. The summed E-state index contributed by atoms with van der Waals surface area (Å²) in [6.07, 6.45) is 5.31. The van der Waals surface area contributed by atoms with Gasteiger partial charge in [-0.1, -0.05) is 43.7 Å². The van der Waals surface area contributed by atoms with E-state index >= 15 is 0 Å². The Balaban J connectivity index is 1.75. The van der Waals surface area contributed by atoms with Crippen LogP contribution in [0.3, 0.4) is 0 Å². The summed E-state index contributed by atoms with van der Waals surface area (Å²) in [5.41, 5.74) is 1.54. The molecule has 106 valence electrons. The Kier molecular flexibility index (Phi) is 3.66. The number of hydrogen-bond donors (Lipinski definition) is 2. The summed E-state index contributed by atoms with van der Waals surface area (Å²) in [6, 6.07) is 12.0. The molecule has 0 bridgehead atoms. The average Bonchev–Trinajstić information content (AvgIpc) is 2.44. The lowest BCUT2D eigenvalue weighted by Crippen LogP contribution is -2.39. The molecule has 1 aliphatic rings. The SMILES string of the molecule is CCC1(CNCc2c(O)ccc3ccccc23)CCC1. The van der Waals surface area contributed by atoms with Crippen molar-refractivity contribution in [1.29, 1.82) is 0 Å². The predicted molar refractivity (Wildman–Crippen MR) is 83.9 cm³/mol. The van der Waals surface area contributed by atoms with E-state index in [0.29, 0.717) is 11.2 Å². The monoisotopic (exact) mass is 269 g/mol. The van der Waals surface area contributed by atoms with Gasteiger partial charge in [-0.2, -0.15) is 0 Å². The van der Waals surface area contributed by atoms with Crippen LogP contribution in [-0.4, -0.2) is 11.7 Å². The summed E-state index contributed by atoms with van der Waals surface area (Å²) in [5, 5.41) is 16.0. The highest BCUT2D eigenvalue weighted by Crippen LogP contribution is 2.43. The highest BCUT2D eigenvalue weighted by molar-refractivity contribution is 5.87. The second kappa shape index (κ2) is 5.45. The van der Waals surface area contributed by atoms with E-state index < -0.39 is 0 Å². The normalized spacial score (nSPS) is 17.1. The van der Waals surface area contributed by atoms with Gasteiger partial charge in [-0.3, -0.25) is 0 Å². The van der Waals surface area contributed by atoms with Crippen LogP contribution in [0.15, 0.2) is 36.4 Å². The predicted octanol–water partition coefficient (Wildman–Crippen LogP) is 4.22. The number of aromatic hydroxyl groups is 1. The molecule has 2 heteroatoms. The van der Waals surface area contributed by atoms with Gasteiger partial charge in [-0.05, 0) is 41.5 Å². The van der Waals surface area contributed by atoms with Gasteiger partial charge in [0.05, 0.1) is 0 Å². The molecular weight excluding hydrogens is 246 g/mol. The molecule has 2 N–H and O–H groups in total. The number of phenolic OH excluding ortho intramolecular Hbond substituents is 1. The van der Waals surface area contributed by atoms with E-state index in [2.05, 4.69) is 24.4 Å². The molecule has 1 saturated carbocycles. The van der Waals surface area contributed by atoms with Crippen molar-refractivity contribution in [3.63, 3.8) is 0 Å². The van der Waals surface area contributed by atoms with Crippen LogP contribution >= 0.6 is 0 Å². The Bertz CT molecular complexity index is 596. The third-order valence-electron chi connectivity index (χ3n) is 4.98. The molecule has 0 aromatic heterocycles. The molecule has 2 nitrogen and oxygen atoms in total. The van der Waals surface area contributed by atoms with Crippen molar-refractivity contribution in [2.45, 2.75) is 39.2 Å². The molecule has 1 fully saturated rings. The smallest absolute Gasteiger partial charge is 0.120 e. The lowest BCUT2D eigenvalue weighted by molar-refractivity contribution is 0.124. The van der Waals surface area contributed by atoms with Gasteiger partial charge >= 0.3 is 0 Å². The lowest BCUT2D eigenvalue weighted by Gasteiger charge is -2.41. The van der Waals surface area contributed by atoms with Crippen molar-refractivity contribution >= 4 is 10.8 Å². The third-order valence-corrected chi connectivity index (χ3v) is 4.98. The zero-order chi connectivity index (χ0) is 14.0. The van der Waals surface area contributed by atoms with Gasteiger partial charge in [0.15, 0.2) is 0 Å². The van der Waals surface area contributed by atoms with E-state index in [1.807, 2.05) is 18.2 Å². The topological polar surface area (TPSA) is 32.3 Å². The number of phenols is 1.